The molecule has 0 amide bonds. The van der Waals surface area contributed by atoms with E-state index in [4.69, 9.17) is 4.74 Å². The van der Waals surface area contributed by atoms with Crippen LogP contribution >= 0.6 is 0 Å². The van der Waals surface area contributed by atoms with Crippen LogP contribution in [0.25, 0.3) is 0 Å². The highest BCUT2D eigenvalue weighted by Gasteiger charge is 2.48. The third-order valence-corrected chi connectivity index (χ3v) is 5.20. The van der Waals surface area contributed by atoms with Crippen molar-refractivity contribution in [2.75, 3.05) is 20.2 Å². The minimum Gasteiger partial charge on any atom is -0.481 e. The molecule has 0 bridgehead atoms. The number of hydrogen-bond acceptors (Lipinski definition) is 4. The molecule has 2 unspecified atom stereocenters. The van der Waals surface area contributed by atoms with Crippen molar-refractivity contribution in [1.29, 1.82) is 0 Å². The minimum absolute atomic E-state index is 0.274. The van der Waals surface area contributed by atoms with E-state index in [1.165, 1.54) is 19.3 Å². The number of nitrogens with one attached hydrogen (secondary N) is 1. The van der Waals surface area contributed by atoms with Gasteiger partial charge in [-0.15, -0.1) is 0 Å². The van der Waals surface area contributed by atoms with Gasteiger partial charge >= 0.3 is 0 Å². The Morgan fingerprint density at radius 1 is 1.43 bits per heavy atom. The lowest BCUT2D eigenvalue weighted by Gasteiger charge is -2.48. The molecule has 2 aliphatic rings. The van der Waals surface area contributed by atoms with Gasteiger partial charge in [-0.3, -0.25) is 4.90 Å². The van der Waals surface area contributed by atoms with Gasteiger partial charge in [0.05, 0.1) is 12.8 Å². The molecule has 1 saturated heterocycles. The third kappa shape index (κ3) is 3.06. The topological polar surface area (TPSA) is 37.4 Å². The molecule has 1 aliphatic heterocycles. The van der Waals surface area contributed by atoms with Crippen LogP contribution in [0.5, 0.6) is 5.88 Å². The zero-order chi connectivity index (χ0) is 14.9. The summed E-state index contributed by atoms with van der Waals surface area (Å²) in [6, 6.07) is 6.66. The summed E-state index contributed by atoms with van der Waals surface area (Å²) in [7, 11) is 1.68. The summed E-state index contributed by atoms with van der Waals surface area (Å²) >= 11 is 0. The van der Waals surface area contributed by atoms with Gasteiger partial charge in [-0.1, -0.05) is 13.0 Å². The Hall–Kier alpha value is -1.13. The maximum atomic E-state index is 5.26. The van der Waals surface area contributed by atoms with Crippen LogP contribution in [-0.2, 0) is 6.54 Å². The van der Waals surface area contributed by atoms with Crippen molar-refractivity contribution in [1.82, 2.24) is 15.2 Å². The van der Waals surface area contributed by atoms with E-state index >= 15 is 0 Å². The van der Waals surface area contributed by atoms with Gasteiger partial charge in [-0.25, -0.2) is 4.98 Å². The van der Waals surface area contributed by atoms with Crippen LogP contribution in [0, 0.1) is 5.92 Å². The highest BCUT2D eigenvalue weighted by molar-refractivity contribution is 5.16. The number of methoxy groups -OCH3 is 1. The van der Waals surface area contributed by atoms with Crippen molar-refractivity contribution in [3.05, 3.63) is 23.9 Å². The maximum Gasteiger partial charge on any atom is 0.213 e. The predicted octanol–water partition coefficient (Wildman–Crippen LogP) is 2.44. The first kappa shape index (κ1) is 14.8. The zero-order valence-electron chi connectivity index (χ0n) is 13.4. The monoisotopic (exact) mass is 289 g/mol. The van der Waals surface area contributed by atoms with Gasteiger partial charge in [0.1, 0.15) is 0 Å². The number of ether oxygens (including phenoxy) is 1. The fraction of sp³-hybridized carbons (Fsp3) is 0.706. The molecule has 0 radical (unpaired) electrons. The van der Waals surface area contributed by atoms with Crippen molar-refractivity contribution in [3.63, 3.8) is 0 Å². The maximum absolute atomic E-state index is 5.26. The van der Waals surface area contributed by atoms with Crippen molar-refractivity contribution < 1.29 is 4.74 Å². The summed E-state index contributed by atoms with van der Waals surface area (Å²) in [5.74, 6) is 1.55. The molecule has 1 aliphatic carbocycles. The van der Waals surface area contributed by atoms with E-state index in [-0.39, 0.29) is 5.54 Å². The number of piperazine rings is 1. The second-order valence-corrected chi connectivity index (χ2v) is 6.67. The summed E-state index contributed by atoms with van der Waals surface area (Å²) < 4.78 is 5.26. The third-order valence-electron chi connectivity index (χ3n) is 5.20. The van der Waals surface area contributed by atoms with Crippen LogP contribution in [0.4, 0.5) is 0 Å². The Labute approximate surface area is 127 Å². The minimum atomic E-state index is 0.274. The fourth-order valence-corrected chi connectivity index (χ4v) is 3.48. The molecule has 4 nitrogen and oxygen atoms in total. The summed E-state index contributed by atoms with van der Waals surface area (Å²) in [6.45, 7) is 7.81. The Bertz CT molecular complexity index is 489. The van der Waals surface area contributed by atoms with Crippen molar-refractivity contribution >= 4 is 0 Å². The molecule has 4 heteroatoms. The second-order valence-electron chi connectivity index (χ2n) is 6.67. The quantitative estimate of drug-likeness (QED) is 0.903. The first-order valence-electron chi connectivity index (χ1n) is 8.14. The highest BCUT2D eigenvalue weighted by Crippen LogP contribution is 2.44. The smallest absolute Gasteiger partial charge is 0.213 e. The van der Waals surface area contributed by atoms with E-state index in [0.717, 1.165) is 31.2 Å². The Morgan fingerprint density at radius 2 is 2.24 bits per heavy atom. The Morgan fingerprint density at radius 3 is 2.90 bits per heavy atom. The van der Waals surface area contributed by atoms with Crippen molar-refractivity contribution in [2.45, 2.75) is 51.2 Å². The van der Waals surface area contributed by atoms with E-state index in [1.54, 1.807) is 7.11 Å². The van der Waals surface area contributed by atoms with Gasteiger partial charge in [0, 0.05) is 37.3 Å². The van der Waals surface area contributed by atoms with Gasteiger partial charge in [-0.05, 0) is 38.2 Å². The van der Waals surface area contributed by atoms with Crippen LogP contribution in [0.15, 0.2) is 18.2 Å². The van der Waals surface area contributed by atoms with Gasteiger partial charge < -0.3 is 10.1 Å². The standard InChI is InChI=1S/C17H27N3O/c1-4-14-10-20(17(2,12-18-14)13-8-9-13)11-15-6-5-7-16(19-15)21-3/h5-7,13-14,18H,4,8-12H2,1-3H3. The molecule has 1 N–H and O–H groups in total. The molecule has 2 heterocycles. The van der Waals surface area contributed by atoms with E-state index in [9.17, 15) is 0 Å². The van der Waals surface area contributed by atoms with Crippen molar-refractivity contribution in [3.8, 4) is 5.88 Å². The fourth-order valence-electron chi connectivity index (χ4n) is 3.48. The van der Waals surface area contributed by atoms with Crippen LogP contribution < -0.4 is 10.1 Å². The van der Waals surface area contributed by atoms with Crippen LogP contribution in [-0.4, -0.2) is 41.7 Å². The molecule has 21 heavy (non-hydrogen) atoms. The Kier molecular flexibility index (Phi) is 4.18. The van der Waals surface area contributed by atoms with Gasteiger partial charge in [0.2, 0.25) is 5.88 Å². The highest BCUT2D eigenvalue weighted by atomic mass is 16.5. The Balaban J connectivity index is 1.78. The lowest BCUT2D eigenvalue weighted by Crippen LogP contribution is -2.63. The molecule has 3 rings (SSSR count). The molecule has 2 atom stereocenters. The predicted molar refractivity (Wildman–Crippen MR) is 84.4 cm³/mol. The molecule has 1 saturated carbocycles. The van der Waals surface area contributed by atoms with Crippen LogP contribution in [0.2, 0.25) is 0 Å². The van der Waals surface area contributed by atoms with E-state index in [1.807, 2.05) is 12.1 Å². The first-order valence-corrected chi connectivity index (χ1v) is 8.14. The first-order chi connectivity index (χ1) is 10.2. The lowest BCUT2D eigenvalue weighted by molar-refractivity contribution is 0.0259. The van der Waals surface area contributed by atoms with E-state index < -0.39 is 0 Å². The molecular formula is C17H27N3O. The second kappa shape index (κ2) is 5.93. The molecule has 1 aromatic heterocycles. The van der Waals surface area contributed by atoms with Crippen LogP contribution in [0.1, 0.15) is 38.8 Å². The van der Waals surface area contributed by atoms with Crippen LogP contribution in [0.3, 0.4) is 0 Å². The summed E-state index contributed by atoms with van der Waals surface area (Å²) in [5.41, 5.74) is 1.38. The molecule has 0 aromatic carbocycles. The van der Waals surface area contributed by atoms with Gasteiger partial charge in [-0.2, -0.15) is 0 Å². The summed E-state index contributed by atoms with van der Waals surface area (Å²) in [4.78, 5) is 7.25. The van der Waals surface area contributed by atoms with Crippen molar-refractivity contribution in [2.24, 2.45) is 5.92 Å². The zero-order valence-corrected chi connectivity index (χ0v) is 13.4. The molecule has 2 fully saturated rings. The number of aromatic nitrogens is 1. The number of rotatable bonds is 5. The lowest BCUT2D eigenvalue weighted by atomic mass is 9.89. The largest absolute Gasteiger partial charge is 0.481 e. The molecule has 1 aromatic rings. The normalized spacial score (nSPS) is 30.3. The molecular weight excluding hydrogens is 262 g/mol. The number of hydrogen-bond donors (Lipinski definition) is 1. The van der Waals surface area contributed by atoms with E-state index in [0.29, 0.717) is 11.9 Å². The van der Waals surface area contributed by atoms with Gasteiger partial charge in [0.15, 0.2) is 0 Å². The summed E-state index contributed by atoms with van der Waals surface area (Å²) in [6.07, 6.45) is 3.93. The molecule has 116 valence electrons. The average Bonchev–Trinajstić information content (AvgIpc) is 3.35. The van der Waals surface area contributed by atoms with E-state index in [2.05, 4.69) is 35.1 Å². The number of nitrogens with zero attached hydrogens (tertiary/aromatic N) is 2. The molecule has 0 spiro atoms. The van der Waals surface area contributed by atoms with Gasteiger partial charge in [0.25, 0.3) is 0 Å². The SMILES string of the molecule is CCC1CN(Cc2cccc(OC)n2)C(C)(C2CC2)CN1. The number of pyridine rings is 1. The average molecular weight is 289 g/mol. The summed E-state index contributed by atoms with van der Waals surface area (Å²) in [5, 5.41) is 3.73.